The molecule has 9 heteroatoms. The quantitative estimate of drug-likeness (QED) is 0.644. The molecular weight excluding hydrogens is 394 g/mol. The van der Waals surface area contributed by atoms with E-state index in [1.165, 1.54) is 6.21 Å². The molecule has 0 aliphatic rings. The van der Waals surface area contributed by atoms with E-state index in [4.69, 9.17) is 46.4 Å². The van der Waals surface area contributed by atoms with Crippen LogP contribution in [0.4, 0.5) is 0 Å². The number of halogens is 4. The predicted octanol–water partition coefficient (Wildman–Crippen LogP) is 4.73. The van der Waals surface area contributed by atoms with E-state index in [1.54, 1.807) is 36.4 Å². The van der Waals surface area contributed by atoms with Gasteiger partial charge in [-0.2, -0.15) is 14.9 Å². The molecule has 0 saturated heterocycles. The van der Waals surface area contributed by atoms with Gasteiger partial charge in [-0.15, -0.1) is 0 Å². The Labute approximate surface area is 156 Å². The van der Waals surface area contributed by atoms with Crippen molar-refractivity contribution in [2.45, 2.75) is 0 Å². The second-order valence-corrected chi connectivity index (χ2v) is 6.34. The number of hydrogen-bond donors (Lipinski definition) is 1. The predicted molar refractivity (Wildman–Crippen MR) is 97.8 cm³/mol. The second kappa shape index (κ2) is 6.99. The van der Waals surface area contributed by atoms with Crippen LogP contribution in [-0.4, -0.2) is 21.1 Å². The van der Waals surface area contributed by atoms with Crippen LogP contribution in [0.3, 0.4) is 0 Å². The Hall–Kier alpha value is -1.79. The maximum Gasteiger partial charge on any atom is 0.364 e. The summed E-state index contributed by atoms with van der Waals surface area (Å²) in [4.78, 5) is 11.9. The van der Waals surface area contributed by atoms with Gasteiger partial charge in [0.1, 0.15) is 0 Å². The van der Waals surface area contributed by atoms with Crippen molar-refractivity contribution in [3.8, 4) is 11.4 Å². The van der Waals surface area contributed by atoms with E-state index in [2.05, 4.69) is 15.3 Å². The Kier molecular flexibility index (Phi) is 4.96. The molecule has 0 amide bonds. The molecule has 0 saturated carbocycles. The lowest BCUT2D eigenvalue weighted by Crippen LogP contribution is -2.13. The summed E-state index contributed by atoms with van der Waals surface area (Å²) in [6.07, 6.45) is 1.47. The van der Waals surface area contributed by atoms with E-state index in [1.807, 2.05) is 0 Å². The van der Waals surface area contributed by atoms with Crippen molar-refractivity contribution in [3.63, 3.8) is 0 Å². The molecule has 0 aliphatic carbocycles. The molecule has 1 aromatic heterocycles. The normalized spacial score (nSPS) is 11.3. The van der Waals surface area contributed by atoms with Crippen molar-refractivity contribution in [1.29, 1.82) is 0 Å². The number of nitrogens with one attached hydrogen (secondary N) is 1. The van der Waals surface area contributed by atoms with Gasteiger partial charge in [0.05, 0.1) is 26.3 Å². The van der Waals surface area contributed by atoms with Crippen LogP contribution in [0.15, 0.2) is 46.3 Å². The number of aromatic nitrogens is 3. The van der Waals surface area contributed by atoms with E-state index in [0.717, 1.165) is 4.68 Å². The minimum atomic E-state index is -0.493. The summed E-state index contributed by atoms with van der Waals surface area (Å²) >= 11 is 23.7. The fraction of sp³-hybridized carbons (Fsp3) is 0. The summed E-state index contributed by atoms with van der Waals surface area (Å²) < 4.78 is 1.11. The highest BCUT2D eigenvalue weighted by Gasteiger charge is 2.11. The van der Waals surface area contributed by atoms with Gasteiger partial charge in [0.2, 0.25) is 0 Å². The Morgan fingerprint density at radius 3 is 2.29 bits per heavy atom. The van der Waals surface area contributed by atoms with Gasteiger partial charge >= 0.3 is 5.69 Å². The molecule has 1 heterocycles. The van der Waals surface area contributed by atoms with Gasteiger partial charge in [-0.3, -0.25) is 0 Å². The first-order valence-electron chi connectivity index (χ1n) is 6.58. The largest absolute Gasteiger partial charge is 0.364 e. The second-order valence-electron chi connectivity index (χ2n) is 4.71. The molecule has 5 nitrogen and oxygen atoms in total. The minimum absolute atomic E-state index is 0.301. The number of aromatic amines is 1. The van der Waals surface area contributed by atoms with Crippen LogP contribution < -0.4 is 5.69 Å². The van der Waals surface area contributed by atoms with Gasteiger partial charge in [0.25, 0.3) is 0 Å². The lowest BCUT2D eigenvalue weighted by molar-refractivity contribution is 0.842. The first kappa shape index (κ1) is 17.0. The molecule has 0 bridgehead atoms. The van der Waals surface area contributed by atoms with Crippen molar-refractivity contribution < 1.29 is 0 Å². The lowest BCUT2D eigenvalue weighted by Gasteiger charge is -2.02. The zero-order valence-electron chi connectivity index (χ0n) is 11.8. The van der Waals surface area contributed by atoms with Gasteiger partial charge < -0.3 is 0 Å². The molecule has 24 heavy (non-hydrogen) atoms. The van der Waals surface area contributed by atoms with Crippen LogP contribution in [0.25, 0.3) is 11.4 Å². The zero-order chi connectivity index (χ0) is 17.3. The minimum Gasteiger partial charge on any atom is -0.244 e. The Balaban J connectivity index is 2.01. The third-order valence-corrected chi connectivity index (χ3v) is 4.57. The number of H-pyrrole nitrogens is 1. The maximum absolute atomic E-state index is 11.9. The first-order chi connectivity index (χ1) is 11.5. The van der Waals surface area contributed by atoms with Gasteiger partial charge in [0.15, 0.2) is 5.82 Å². The SMILES string of the molecule is O=c1[nH]nc(-c2ccc(Cl)c(Cl)c2)n1/N=C/c1ccc(Cl)c(Cl)c1. The van der Waals surface area contributed by atoms with Gasteiger partial charge in [-0.25, -0.2) is 9.89 Å². The van der Waals surface area contributed by atoms with E-state index in [0.29, 0.717) is 37.0 Å². The van der Waals surface area contributed by atoms with E-state index in [-0.39, 0.29) is 0 Å². The number of nitrogens with zero attached hydrogens (tertiary/aromatic N) is 3. The summed E-state index contributed by atoms with van der Waals surface area (Å²) in [5.41, 5.74) is 0.777. The highest BCUT2D eigenvalue weighted by molar-refractivity contribution is 6.42. The lowest BCUT2D eigenvalue weighted by atomic mass is 10.2. The topological polar surface area (TPSA) is 63.0 Å². The summed E-state index contributed by atoms with van der Waals surface area (Å²) in [6.45, 7) is 0. The van der Waals surface area contributed by atoms with E-state index in [9.17, 15) is 4.79 Å². The van der Waals surface area contributed by atoms with E-state index < -0.39 is 5.69 Å². The van der Waals surface area contributed by atoms with Gasteiger partial charge in [-0.05, 0) is 35.9 Å². The highest BCUT2D eigenvalue weighted by atomic mass is 35.5. The summed E-state index contributed by atoms with van der Waals surface area (Å²) in [5.74, 6) is 0.301. The third-order valence-electron chi connectivity index (χ3n) is 3.09. The van der Waals surface area contributed by atoms with Crippen LogP contribution in [0, 0.1) is 0 Å². The van der Waals surface area contributed by atoms with Crippen LogP contribution >= 0.6 is 46.4 Å². The molecular formula is C15H8Cl4N4O. The molecule has 122 valence electrons. The summed E-state index contributed by atoms with van der Waals surface area (Å²) in [7, 11) is 0. The fourth-order valence-corrected chi connectivity index (χ4v) is 2.54. The molecule has 0 atom stereocenters. The molecule has 0 unspecified atom stereocenters. The average Bonchev–Trinajstić information content (AvgIpc) is 2.92. The first-order valence-corrected chi connectivity index (χ1v) is 8.09. The van der Waals surface area contributed by atoms with Crippen molar-refractivity contribution in [3.05, 3.63) is 72.5 Å². The Morgan fingerprint density at radius 1 is 0.958 bits per heavy atom. The van der Waals surface area contributed by atoms with Gasteiger partial charge in [-0.1, -0.05) is 52.5 Å². The van der Waals surface area contributed by atoms with Gasteiger partial charge in [0, 0.05) is 5.56 Å². The molecule has 3 rings (SSSR count). The monoisotopic (exact) mass is 400 g/mol. The Bertz CT molecular complexity index is 993. The molecule has 0 spiro atoms. The van der Waals surface area contributed by atoms with E-state index >= 15 is 0 Å². The zero-order valence-corrected chi connectivity index (χ0v) is 14.8. The Morgan fingerprint density at radius 2 is 1.62 bits per heavy atom. The third kappa shape index (κ3) is 3.49. The van der Waals surface area contributed by atoms with Crippen molar-refractivity contribution in [2.75, 3.05) is 0 Å². The molecule has 2 aromatic carbocycles. The van der Waals surface area contributed by atoms with Crippen molar-refractivity contribution in [1.82, 2.24) is 14.9 Å². The van der Waals surface area contributed by atoms with Crippen LogP contribution in [0.1, 0.15) is 5.56 Å². The van der Waals surface area contributed by atoms with Crippen LogP contribution in [-0.2, 0) is 0 Å². The average molecular weight is 402 g/mol. The summed E-state index contributed by atoms with van der Waals surface area (Å²) in [5, 5.41) is 12.0. The van der Waals surface area contributed by atoms with Crippen molar-refractivity contribution in [2.24, 2.45) is 5.10 Å². The molecule has 1 N–H and O–H groups in total. The molecule has 0 radical (unpaired) electrons. The van der Waals surface area contributed by atoms with Crippen molar-refractivity contribution >= 4 is 52.6 Å². The number of hydrogen-bond acceptors (Lipinski definition) is 3. The summed E-state index contributed by atoms with van der Waals surface area (Å²) in [6, 6.07) is 9.91. The smallest absolute Gasteiger partial charge is 0.244 e. The molecule has 3 aromatic rings. The molecule has 0 fully saturated rings. The van der Waals surface area contributed by atoms with Crippen LogP contribution in [0.2, 0.25) is 20.1 Å². The number of benzene rings is 2. The number of rotatable bonds is 3. The highest BCUT2D eigenvalue weighted by Crippen LogP contribution is 2.27. The fourth-order valence-electron chi connectivity index (χ4n) is 1.94. The molecule has 0 aliphatic heterocycles. The standard InChI is InChI=1S/C15H8Cl4N4O/c16-10-3-1-8(5-12(10)18)7-20-23-14(21-22-15(23)24)9-2-4-11(17)13(19)6-9/h1-7H,(H,22,24)/b20-7+. The maximum atomic E-state index is 11.9. The van der Waals surface area contributed by atoms with Crippen LogP contribution in [0.5, 0.6) is 0 Å².